The average Bonchev–Trinajstić information content (AvgIpc) is 2.69. The number of para-hydroxylation sites is 2. The van der Waals surface area contributed by atoms with E-state index in [-0.39, 0.29) is 17.3 Å². The van der Waals surface area contributed by atoms with Crippen molar-refractivity contribution in [1.29, 1.82) is 0 Å². The molecular formula is C20H24N2O4S. The number of carbonyl (C=O) groups excluding carboxylic acids is 1. The maximum absolute atomic E-state index is 12.9. The van der Waals surface area contributed by atoms with E-state index in [1.54, 1.807) is 43.5 Å². The monoisotopic (exact) mass is 388 g/mol. The zero-order valence-corrected chi connectivity index (χ0v) is 16.3. The van der Waals surface area contributed by atoms with Crippen molar-refractivity contribution in [2.45, 2.75) is 24.7 Å². The molecule has 1 atom stereocenters. The molecule has 1 amide bonds. The predicted octanol–water partition coefficient (Wildman–Crippen LogP) is 3.04. The van der Waals surface area contributed by atoms with E-state index in [4.69, 9.17) is 4.74 Å². The summed E-state index contributed by atoms with van der Waals surface area (Å²) in [5.41, 5.74) is 1.59. The maximum atomic E-state index is 12.9. The fourth-order valence-electron chi connectivity index (χ4n) is 3.22. The molecule has 144 valence electrons. The third kappa shape index (κ3) is 4.31. The molecule has 2 aromatic rings. The van der Waals surface area contributed by atoms with Crippen molar-refractivity contribution in [2.24, 2.45) is 5.92 Å². The van der Waals surface area contributed by atoms with Gasteiger partial charge in [0.05, 0.1) is 23.6 Å². The summed E-state index contributed by atoms with van der Waals surface area (Å²) < 4.78 is 32.5. The minimum atomic E-state index is -3.60. The maximum Gasteiger partial charge on any atom is 0.243 e. The highest BCUT2D eigenvalue weighted by molar-refractivity contribution is 7.89. The second-order valence-corrected chi connectivity index (χ2v) is 8.64. The number of carbonyl (C=O) groups is 1. The summed E-state index contributed by atoms with van der Waals surface area (Å²) in [7, 11) is -2.06. The number of hydrogen-bond acceptors (Lipinski definition) is 4. The summed E-state index contributed by atoms with van der Waals surface area (Å²) in [6.45, 7) is 2.52. The van der Waals surface area contributed by atoms with Gasteiger partial charge >= 0.3 is 0 Å². The van der Waals surface area contributed by atoms with Gasteiger partial charge in [0.2, 0.25) is 15.9 Å². The number of aryl methyl sites for hydroxylation is 1. The first-order valence-corrected chi connectivity index (χ1v) is 10.4. The number of nitrogens with zero attached hydrogens (tertiary/aromatic N) is 1. The van der Waals surface area contributed by atoms with E-state index in [0.29, 0.717) is 30.8 Å². The number of amides is 1. The second kappa shape index (κ2) is 8.10. The summed E-state index contributed by atoms with van der Waals surface area (Å²) >= 11 is 0. The largest absolute Gasteiger partial charge is 0.495 e. The molecule has 2 aromatic carbocycles. The van der Waals surface area contributed by atoms with E-state index >= 15 is 0 Å². The molecule has 0 spiro atoms. The van der Waals surface area contributed by atoms with Gasteiger partial charge in [-0.3, -0.25) is 4.79 Å². The highest BCUT2D eigenvalue weighted by Gasteiger charge is 2.33. The quantitative estimate of drug-likeness (QED) is 0.854. The van der Waals surface area contributed by atoms with Crippen molar-refractivity contribution < 1.29 is 17.9 Å². The topological polar surface area (TPSA) is 75.7 Å². The van der Waals surface area contributed by atoms with E-state index in [9.17, 15) is 13.2 Å². The predicted molar refractivity (Wildman–Crippen MR) is 104 cm³/mol. The van der Waals surface area contributed by atoms with Crippen molar-refractivity contribution in [3.05, 3.63) is 54.1 Å². The van der Waals surface area contributed by atoms with Crippen LogP contribution in [0.25, 0.3) is 0 Å². The van der Waals surface area contributed by atoms with Gasteiger partial charge in [0.15, 0.2) is 0 Å². The number of piperidine rings is 1. The molecule has 1 heterocycles. The smallest absolute Gasteiger partial charge is 0.243 e. The van der Waals surface area contributed by atoms with E-state index in [0.717, 1.165) is 5.56 Å². The number of rotatable bonds is 5. The van der Waals surface area contributed by atoms with Crippen molar-refractivity contribution in [2.75, 3.05) is 25.5 Å². The Balaban J connectivity index is 1.73. The number of sulfonamides is 1. The van der Waals surface area contributed by atoms with Gasteiger partial charge in [-0.15, -0.1) is 0 Å². The summed E-state index contributed by atoms with van der Waals surface area (Å²) in [6, 6.07) is 14.0. The zero-order chi connectivity index (χ0) is 19.4. The van der Waals surface area contributed by atoms with Gasteiger partial charge in [0.25, 0.3) is 0 Å². The van der Waals surface area contributed by atoms with E-state index in [1.807, 2.05) is 19.1 Å². The van der Waals surface area contributed by atoms with Crippen LogP contribution in [0.2, 0.25) is 0 Å². The molecule has 0 bridgehead atoms. The van der Waals surface area contributed by atoms with Gasteiger partial charge in [0, 0.05) is 13.1 Å². The molecule has 1 aliphatic heterocycles. The molecule has 1 fully saturated rings. The normalized spacial score (nSPS) is 18.1. The fourth-order valence-corrected chi connectivity index (χ4v) is 4.74. The number of nitrogens with one attached hydrogen (secondary N) is 1. The van der Waals surface area contributed by atoms with Crippen LogP contribution in [0, 0.1) is 12.8 Å². The van der Waals surface area contributed by atoms with Gasteiger partial charge in [0.1, 0.15) is 5.75 Å². The summed E-state index contributed by atoms with van der Waals surface area (Å²) in [6.07, 6.45) is 1.30. The van der Waals surface area contributed by atoms with E-state index in [2.05, 4.69) is 5.32 Å². The lowest BCUT2D eigenvalue weighted by Crippen LogP contribution is -2.43. The average molecular weight is 388 g/mol. The first-order chi connectivity index (χ1) is 12.9. The Hall–Kier alpha value is -2.38. The van der Waals surface area contributed by atoms with Crippen LogP contribution in [0.1, 0.15) is 18.4 Å². The number of hydrogen-bond donors (Lipinski definition) is 1. The van der Waals surface area contributed by atoms with Crippen LogP contribution < -0.4 is 10.1 Å². The number of ether oxygens (including phenoxy) is 1. The van der Waals surface area contributed by atoms with Crippen LogP contribution in [0.15, 0.2) is 53.4 Å². The Labute approximate surface area is 160 Å². The van der Waals surface area contributed by atoms with Crippen LogP contribution in [-0.4, -0.2) is 38.8 Å². The SMILES string of the molecule is COc1ccccc1NC(=O)[C@@H]1CCCN(S(=O)(=O)c2ccc(C)cc2)C1. The van der Waals surface area contributed by atoms with Crippen molar-refractivity contribution >= 4 is 21.6 Å². The molecule has 0 saturated carbocycles. The molecule has 1 aliphatic rings. The lowest BCUT2D eigenvalue weighted by atomic mass is 9.98. The number of methoxy groups -OCH3 is 1. The first-order valence-electron chi connectivity index (χ1n) is 8.92. The molecule has 0 aliphatic carbocycles. The fraction of sp³-hybridized carbons (Fsp3) is 0.350. The molecule has 0 radical (unpaired) electrons. The number of anilines is 1. The summed E-state index contributed by atoms with van der Waals surface area (Å²) in [5, 5.41) is 2.86. The third-order valence-corrected chi connectivity index (χ3v) is 6.66. The Bertz CT molecular complexity index is 910. The summed E-state index contributed by atoms with van der Waals surface area (Å²) in [5.74, 6) is -0.0158. The van der Waals surface area contributed by atoms with Crippen LogP contribution in [-0.2, 0) is 14.8 Å². The molecule has 0 unspecified atom stereocenters. The Morgan fingerprint density at radius 2 is 1.85 bits per heavy atom. The second-order valence-electron chi connectivity index (χ2n) is 6.70. The molecule has 0 aromatic heterocycles. The highest BCUT2D eigenvalue weighted by atomic mass is 32.2. The van der Waals surface area contributed by atoms with Crippen LogP contribution >= 0.6 is 0 Å². The molecule has 1 N–H and O–H groups in total. The van der Waals surface area contributed by atoms with Crippen molar-refractivity contribution in [3.63, 3.8) is 0 Å². The molecule has 7 heteroatoms. The van der Waals surface area contributed by atoms with E-state index in [1.165, 1.54) is 4.31 Å². The van der Waals surface area contributed by atoms with Crippen LogP contribution in [0.5, 0.6) is 5.75 Å². The minimum absolute atomic E-state index is 0.178. The van der Waals surface area contributed by atoms with Crippen molar-refractivity contribution in [3.8, 4) is 5.75 Å². The van der Waals surface area contributed by atoms with Gasteiger partial charge in [-0.05, 0) is 44.0 Å². The standard InChI is InChI=1S/C20H24N2O4S/c1-15-9-11-17(12-10-15)27(24,25)22-13-5-6-16(14-22)20(23)21-18-7-3-4-8-19(18)26-2/h3-4,7-12,16H,5-6,13-14H2,1-2H3,(H,21,23)/t16-/m1/s1. The molecule has 1 saturated heterocycles. The number of benzene rings is 2. The van der Waals surface area contributed by atoms with Crippen molar-refractivity contribution in [1.82, 2.24) is 4.31 Å². The molecule has 3 rings (SSSR count). The Morgan fingerprint density at radius 1 is 1.15 bits per heavy atom. The zero-order valence-electron chi connectivity index (χ0n) is 15.5. The summed E-state index contributed by atoms with van der Waals surface area (Å²) in [4.78, 5) is 13.0. The third-order valence-electron chi connectivity index (χ3n) is 4.78. The van der Waals surface area contributed by atoms with Gasteiger partial charge in [-0.1, -0.05) is 29.8 Å². The van der Waals surface area contributed by atoms with E-state index < -0.39 is 15.9 Å². The van der Waals surface area contributed by atoms with Gasteiger partial charge in [-0.25, -0.2) is 8.42 Å². The lowest BCUT2D eigenvalue weighted by Gasteiger charge is -2.31. The lowest BCUT2D eigenvalue weighted by molar-refractivity contribution is -0.120. The highest BCUT2D eigenvalue weighted by Crippen LogP contribution is 2.27. The molecular weight excluding hydrogens is 364 g/mol. The molecule has 6 nitrogen and oxygen atoms in total. The van der Waals surface area contributed by atoms with Crippen LogP contribution in [0.4, 0.5) is 5.69 Å². The van der Waals surface area contributed by atoms with Crippen LogP contribution in [0.3, 0.4) is 0 Å². The minimum Gasteiger partial charge on any atom is -0.495 e. The molecule has 27 heavy (non-hydrogen) atoms. The van der Waals surface area contributed by atoms with Gasteiger partial charge in [-0.2, -0.15) is 4.31 Å². The van der Waals surface area contributed by atoms with Gasteiger partial charge < -0.3 is 10.1 Å². The Kier molecular flexibility index (Phi) is 5.82. The first kappa shape index (κ1) is 19.4. The Morgan fingerprint density at radius 3 is 2.56 bits per heavy atom.